The third-order valence-electron chi connectivity index (χ3n) is 6.30. The molecule has 1 aliphatic heterocycles. The lowest BCUT2D eigenvalue weighted by Gasteiger charge is -2.33. The van der Waals surface area contributed by atoms with Crippen molar-refractivity contribution in [1.82, 2.24) is 15.1 Å². The van der Waals surface area contributed by atoms with Gasteiger partial charge in [-0.25, -0.2) is 0 Å². The van der Waals surface area contributed by atoms with Gasteiger partial charge >= 0.3 is 0 Å². The molecule has 0 spiro atoms. The molecule has 3 fully saturated rings. The molecule has 4 rings (SSSR count). The van der Waals surface area contributed by atoms with Crippen LogP contribution in [0.5, 0.6) is 0 Å². The summed E-state index contributed by atoms with van der Waals surface area (Å²) in [6.45, 7) is 1.59. The van der Waals surface area contributed by atoms with E-state index < -0.39 is 0 Å². The molecule has 0 bridgehead atoms. The van der Waals surface area contributed by atoms with E-state index in [4.69, 9.17) is 0 Å². The van der Waals surface area contributed by atoms with Gasteiger partial charge in [0.25, 0.3) is 0 Å². The van der Waals surface area contributed by atoms with Crippen LogP contribution >= 0.6 is 0 Å². The van der Waals surface area contributed by atoms with Gasteiger partial charge in [-0.3, -0.25) is 14.7 Å². The monoisotopic (exact) mass is 358 g/mol. The maximum atomic E-state index is 12.5. The van der Waals surface area contributed by atoms with Crippen molar-refractivity contribution in [2.24, 2.45) is 11.8 Å². The van der Waals surface area contributed by atoms with Crippen molar-refractivity contribution in [3.63, 3.8) is 0 Å². The number of anilines is 1. The molecule has 1 unspecified atom stereocenters. The molecule has 2 aliphatic carbocycles. The lowest BCUT2D eigenvalue weighted by Crippen LogP contribution is -2.39. The molecule has 2 heterocycles. The highest BCUT2D eigenvalue weighted by molar-refractivity contribution is 5.93. The van der Waals surface area contributed by atoms with E-state index in [0.29, 0.717) is 6.42 Å². The number of nitrogens with one attached hydrogen (secondary N) is 2. The van der Waals surface area contributed by atoms with E-state index in [-0.39, 0.29) is 23.7 Å². The topological polar surface area (TPSA) is 78.1 Å². The van der Waals surface area contributed by atoms with E-state index in [0.717, 1.165) is 75.3 Å². The van der Waals surface area contributed by atoms with Gasteiger partial charge in [0, 0.05) is 31.3 Å². The highest BCUT2D eigenvalue weighted by atomic mass is 16.2. The number of piperidine rings is 1. The minimum absolute atomic E-state index is 0.123. The second-order valence-corrected chi connectivity index (χ2v) is 8.33. The second-order valence-electron chi connectivity index (χ2n) is 8.33. The van der Waals surface area contributed by atoms with Crippen LogP contribution in [0.3, 0.4) is 0 Å². The summed E-state index contributed by atoms with van der Waals surface area (Å²) in [4.78, 5) is 27.0. The Morgan fingerprint density at radius 3 is 2.73 bits per heavy atom. The molecule has 142 valence electrons. The fourth-order valence-corrected chi connectivity index (χ4v) is 4.46. The maximum Gasteiger partial charge on any atom is 0.227 e. The predicted octanol–water partition coefficient (Wildman–Crippen LogP) is 3.43. The van der Waals surface area contributed by atoms with E-state index >= 15 is 0 Å². The first kappa shape index (κ1) is 17.6. The molecule has 26 heavy (non-hydrogen) atoms. The van der Waals surface area contributed by atoms with Crippen LogP contribution in [-0.2, 0) is 9.59 Å². The van der Waals surface area contributed by atoms with Gasteiger partial charge in [0.1, 0.15) is 0 Å². The van der Waals surface area contributed by atoms with Crippen LogP contribution in [0.4, 0.5) is 5.69 Å². The summed E-state index contributed by atoms with van der Waals surface area (Å²) in [5.74, 6) is 1.58. The molecular weight excluding hydrogens is 328 g/mol. The van der Waals surface area contributed by atoms with Crippen LogP contribution in [0.25, 0.3) is 0 Å². The van der Waals surface area contributed by atoms with Gasteiger partial charge in [-0.2, -0.15) is 5.10 Å². The number of aromatic nitrogens is 2. The Balaban J connectivity index is 1.36. The fraction of sp³-hybridized carbons (Fsp3) is 0.750. The summed E-state index contributed by atoms with van der Waals surface area (Å²) < 4.78 is 0. The molecule has 2 saturated carbocycles. The zero-order valence-corrected chi connectivity index (χ0v) is 15.5. The minimum Gasteiger partial charge on any atom is -0.342 e. The Morgan fingerprint density at radius 1 is 1.15 bits per heavy atom. The average Bonchev–Trinajstić information content (AvgIpc) is 3.12. The van der Waals surface area contributed by atoms with Gasteiger partial charge in [-0.1, -0.05) is 25.7 Å². The van der Waals surface area contributed by atoms with Crippen LogP contribution in [-0.4, -0.2) is 40.0 Å². The summed E-state index contributed by atoms with van der Waals surface area (Å²) in [5, 5.41) is 10.3. The zero-order valence-electron chi connectivity index (χ0n) is 15.5. The Hall–Kier alpha value is -1.85. The minimum atomic E-state index is 0.123. The number of nitrogens with zero attached hydrogens (tertiary/aromatic N) is 2. The van der Waals surface area contributed by atoms with Gasteiger partial charge in [-0.05, 0) is 38.0 Å². The number of aromatic amines is 1. The van der Waals surface area contributed by atoms with Gasteiger partial charge in [-0.15, -0.1) is 0 Å². The summed E-state index contributed by atoms with van der Waals surface area (Å²) in [5.41, 5.74) is 1.79. The number of carbonyl (C=O) groups is 2. The Labute approximate surface area is 155 Å². The molecule has 6 heteroatoms. The summed E-state index contributed by atoms with van der Waals surface area (Å²) >= 11 is 0. The molecule has 6 nitrogen and oxygen atoms in total. The number of H-pyrrole nitrogens is 1. The Morgan fingerprint density at radius 2 is 1.96 bits per heavy atom. The highest BCUT2D eigenvalue weighted by Gasteiger charge is 2.30. The second kappa shape index (κ2) is 7.80. The standard InChI is InChI=1S/C20H30N4O2/c25-18(10-9-14-7-8-14)24-11-3-6-16(13-24)19-17(12-21-23-19)22-20(26)15-4-1-2-5-15/h12,14-16H,1-11,13H2,(H,21,23)(H,22,26). The number of amides is 2. The first-order valence-electron chi connectivity index (χ1n) is 10.3. The average molecular weight is 358 g/mol. The van der Waals surface area contributed by atoms with Crippen LogP contribution < -0.4 is 5.32 Å². The SMILES string of the molecule is O=C(Nc1cn[nH]c1C1CCCN(C(=O)CCC2CC2)C1)C1CCCC1. The quantitative estimate of drug-likeness (QED) is 0.818. The van der Waals surface area contributed by atoms with Crippen LogP contribution in [0.1, 0.15) is 75.8 Å². The Kier molecular flexibility index (Phi) is 5.27. The third-order valence-corrected chi connectivity index (χ3v) is 6.30. The number of hydrogen-bond donors (Lipinski definition) is 2. The molecular formula is C20H30N4O2. The maximum absolute atomic E-state index is 12.5. The van der Waals surface area contributed by atoms with Crippen LogP contribution in [0, 0.1) is 11.8 Å². The normalized spacial score (nSPS) is 24.0. The number of hydrogen-bond acceptors (Lipinski definition) is 3. The van der Waals surface area contributed by atoms with Crippen LogP contribution in [0.15, 0.2) is 6.20 Å². The lowest BCUT2D eigenvalue weighted by atomic mass is 9.93. The largest absolute Gasteiger partial charge is 0.342 e. The molecule has 0 aromatic carbocycles. The number of rotatable bonds is 6. The first-order chi connectivity index (χ1) is 12.7. The summed E-state index contributed by atoms with van der Waals surface area (Å²) in [6.07, 6.45) is 12.4. The molecule has 2 amide bonds. The summed E-state index contributed by atoms with van der Waals surface area (Å²) in [6, 6.07) is 0. The first-order valence-corrected chi connectivity index (χ1v) is 10.3. The molecule has 1 aromatic heterocycles. The smallest absolute Gasteiger partial charge is 0.227 e. The number of likely N-dealkylation sites (tertiary alicyclic amines) is 1. The molecule has 1 saturated heterocycles. The van der Waals surface area contributed by atoms with E-state index in [1.54, 1.807) is 6.20 Å². The van der Waals surface area contributed by atoms with Crippen molar-refractivity contribution in [2.75, 3.05) is 18.4 Å². The van der Waals surface area contributed by atoms with Crippen LogP contribution in [0.2, 0.25) is 0 Å². The lowest BCUT2D eigenvalue weighted by molar-refractivity contribution is -0.132. The number of carbonyl (C=O) groups excluding carboxylic acids is 2. The van der Waals surface area contributed by atoms with E-state index in [1.807, 2.05) is 4.90 Å². The highest BCUT2D eigenvalue weighted by Crippen LogP contribution is 2.35. The van der Waals surface area contributed by atoms with E-state index in [1.165, 1.54) is 12.8 Å². The molecule has 3 aliphatic rings. The van der Waals surface area contributed by atoms with Crippen molar-refractivity contribution in [3.8, 4) is 0 Å². The predicted molar refractivity (Wildman–Crippen MR) is 99.7 cm³/mol. The van der Waals surface area contributed by atoms with Gasteiger partial charge in [0.2, 0.25) is 11.8 Å². The molecule has 0 radical (unpaired) electrons. The van der Waals surface area contributed by atoms with Crippen molar-refractivity contribution >= 4 is 17.5 Å². The molecule has 1 atom stereocenters. The van der Waals surface area contributed by atoms with E-state index in [9.17, 15) is 9.59 Å². The molecule has 2 N–H and O–H groups in total. The van der Waals surface area contributed by atoms with Gasteiger partial charge < -0.3 is 10.2 Å². The van der Waals surface area contributed by atoms with E-state index in [2.05, 4.69) is 15.5 Å². The van der Waals surface area contributed by atoms with Gasteiger partial charge in [0.05, 0.1) is 17.6 Å². The fourth-order valence-electron chi connectivity index (χ4n) is 4.46. The molecule has 1 aromatic rings. The zero-order chi connectivity index (χ0) is 17.9. The van der Waals surface area contributed by atoms with Crippen molar-refractivity contribution in [1.29, 1.82) is 0 Å². The van der Waals surface area contributed by atoms with Gasteiger partial charge in [0.15, 0.2) is 0 Å². The summed E-state index contributed by atoms with van der Waals surface area (Å²) in [7, 11) is 0. The van der Waals surface area contributed by atoms with Crippen molar-refractivity contribution < 1.29 is 9.59 Å². The third kappa shape index (κ3) is 4.10. The van der Waals surface area contributed by atoms with Crippen molar-refractivity contribution in [2.45, 2.75) is 70.1 Å². The van der Waals surface area contributed by atoms with Crippen molar-refractivity contribution in [3.05, 3.63) is 11.9 Å². The Bertz CT molecular complexity index is 646.